The lowest BCUT2D eigenvalue weighted by Gasteiger charge is -2.10. The summed E-state index contributed by atoms with van der Waals surface area (Å²) in [6, 6.07) is 18.7. The van der Waals surface area contributed by atoms with Crippen LogP contribution >= 0.6 is 11.6 Å². The van der Waals surface area contributed by atoms with E-state index in [1.807, 2.05) is 6.07 Å². The van der Waals surface area contributed by atoms with Crippen LogP contribution in [-0.4, -0.2) is 15.9 Å². The Morgan fingerprint density at radius 2 is 1.78 bits per heavy atom. The number of benzene rings is 3. The lowest BCUT2D eigenvalue weighted by molar-refractivity contribution is 0.102. The van der Waals surface area contributed by atoms with Crippen LogP contribution in [-0.2, 0) is 6.54 Å². The lowest BCUT2D eigenvalue weighted by atomic mass is 10.2. The number of nitrogens with one attached hydrogen (secondary N) is 3. The smallest absolute Gasteiger partial charge is 0.272 e. The molecule has 3 aromatic carbocycles. The zero-order chi connectivity index (χ0) is 25.9. The highest BCUT2D eigenvalue weighted by Crippen LogP contribution is 2.30. The van der Waals surface area contributed by atoms with Gasteiger partial charge in [0.15, 0.2) is 11.6 Å². The monoisotopic (exact) mass is 519 g/mol. The second-order valence-corrected chi connectivity index (χ2v) is 8.59. The highest BCUT2D eigenvalue weighted by atomic mass is 35.5. The maximum atomic E-state index is 13.4. The normalized spacial score (nSPS) is 10.9. The van der Waals surface area contributed by atoms with E-state index in [1.54, 1.807) is 54.7 Å². The quantitative estimate of drug-likeness (QED) is 0.191. The van der Waals surface area contributed by atoms with E-state index < -0.39 is 11.6 Å². The molecule has 0 atom stereocenters. The second kappa shape index (κ2) is 10.2. The van der Waals surface area contributed by atoms with Crippen LogP contribution in [0.25, 0.3) is 10.9 Å². The minimum absolute atomic E-state index is 0.156. The predicted octanol–water partition coefficient (Wildman–Crippen LogP) is 6.73. The number of nitrogen functional groups attached to an aromatic ring is 1. The first kappa shape index (κ1) is 24.1. The molecule has 186 valence electrons. The number of carbonyl (C=O) groups excluding carboxylic acids is 1. The van der Waals surface area contributed by atoms with E-state index >= 15 is 0 Å². The van der Waals surface area contributed by atoms with Crippen molar-refractivity contribution in [3.05, 3.63) is 107 Å². The number of H-pyrrole nitrogens is 1. The fourth-order valence-electron chi connectivity index (χ4n) is 3.74. The molecule has 0 radical (unpaired) electrons. The Bertz CT molecular complexity index is 1610. The van der Waals surface area contributed by atoms with Gasteiger partial charge in [-0.2, -0.15) is 0 Å². The molecule has 2 heterocycles. The minimum atomic E-state index is -0.999. The van der Waals surface area contributed by atoms with Crippen LogP contribution in [0, 0.1) is 11.6 Å². The summed E-state index contributed by atoms with van der Waals surface area (Å²) in [5.74, 6) is -1.33. The predicted molar refractivity (Wildman–Crippen MR) is 140 cm³/mol. The lowest BCUT2D eigenvalue weighted by Crippen LogP contribution is -2.12. The molecule has 10 heteroatoms. The fourth-order valence-corrected chi connectivity index (χ4v) is 3.97. The average molecular weight is 520 g/mol. The summed E-state index contributed by atoms with van der Waals surface area (Å²) in [5, 5.41) is 7.38. The van der Waals surface area contributed by atoms with Crippen LogP contribution in [0.4, 0.5) is 26.0 Å². The number of pyridine rings is 1. The highest BCUT2D eigenvalue weighted by Gasteiger charge is 2.14. The van der Waals surface area contributed by atoms with Crippen LogP contribution in [0.3, 0.4) is 0 Å². The van der Waals surface area contributed by atoms with Gasteiger partial charge in [-0.15, -0.1) is 0 Å². The van der Waals surface area contributed by atoms with Crippen molar-refractivity contribution < 1.29 is 18.3 Å². The van der Waals surface area contributed by atoms with E-state index in [-0.39, 0.29) is 11.7 Å². The van der Waals surface area contributed by atoms with Gasteiger partial charge < -0.3 is 26.1 Å². The number of nitrogens with zero attached hydrogens (tertiary/aromatic N) is 1. The largest absolute Gasteiger partial charge is 0.457 e. The Morgan fingerprint density at radius 3 is 2.54 bits per heavy atom. The number of anilines is 3. The van der Waals surface area contributed by atoms with Crippen LogP contribution in [0.5, 0.6) is 11.5 Å². The van der Waals surface area contributed by atoms with Crippen LogP contribution in [0.2, 0.25) is 5.02 Å². The summed E-state index contributed by atoms with van der Waals surface area (Å²) in [6.45, 7) is 0.425. The summed E-state index contributed by atoms with van der Waals surface area (Å²) in [5.41, 5.74) is 9.04. The number of carbonyl (C=O) groups is 1. The van der Waals surface area contributed by atoms with Gasteiger partial charge in [0.1, 0.15) is 23.0 Å². The molecule has 7 nitrogen and oxygen atoms in total. The van der Waals surface area contributed by atoms with E-state index in [2.05, 4.69) is 20.6 Å². The second-order valence-electron chi connectivity index (χ2n) is 8.16. The molecule has 0 saturated carbocycles. The van der Waals surface area contributed by atoms with E-state index in [1.165, 1.54) is 6.07 Å². The van der Waals surface area contributed by atoms with Crippen molar-refractivity contribution in [2.75, 3.05) is 16.4 Å². The third kappa shape index (κ3) is 5.46. The summed E-state index contributed by atoms with van der Waals surface area (Å²) in [7, 11) is 0. The number of nitrogens with two attached hydrogens (primary N) is 1. The number of ether oxygens (including phenoxy) is 1. The Kier molecular flexibility index (Phi) is 6.61. The maximum Gasteiger partial charge on any atom is 0.272 e. The Balaban J connectivity index is 1.29. The number of hydrogen-bond acceptors (Lipinski definition) is 5. The molecule has 0 saturated heterocycles. The van der Waals surface area contributed by atoms with Crippen molar-refractivity contribution in [2.24, 2.45) is 0 Å². The number of rotatable bonds is 7. The standard InChI is InChI=1S/C27H20ClF2N5O2/c28-17-10-16-11-24(35-25(16)23(12-17)33-14-15-2-1-9-32-26(15)31)27(36)34-18-3-5-19(6-4-18)37-20-7-8-21(29)22(30)13-20/h1-13,33,35H,14H2,(H2,31,32)(H,34,36). The number of aromatic amines is 1. The summed E-state index contributed by atoms with van der Waals surface area (Å²) in [4.78, 5) is 20.2. The minimum Gasteiger partial charge on any atom is -0.457 e. The Labute approximate surface area is 215 Å². The van der Waals surface area contributed by atoms with Crippen molar-refractivity contribution in [1.29, 1.82) is 0 Å². The topological polar surface area (TPSA) is 105 Å². The van der Waals surface area contributed by atoms with Crippen LogP contribution in [0.15, 0.2) is 79.0 Å². The molecule has 5 aromatic rings. The zero-order valence-corrected chi connectivity index (χ0v) is 19.9. The van der Waals surface area contributed by atoms with E-state index in [9.17, 15) is 13.6 Å². The molecule has 2 aromatic heterocycles. The van der Waals surface area contributed by atoms with Gasteiger partial charge in [0.05, 0.1) is 11.2 Å². The zero-order valence-electron chi connectivity index (χ0n) is 19.2. The Morgan fingerprint density at radius 1 is 1.00 bits per heavy atom. The summed E-state index contributed by atoms with van der Waals surface area (Å²) in [6.07, 6.45) is 1.62. The molecule has 0 aliphatic rings. The number of halogens is 3. The van der Waals surface area contributed by atoms with Crippen molar-refractivity contribution in [3.63, 3.8) is 0 Å². The van der Waals surface area contributed by atoms with Crippen LogP contribution < -0.4 is 21.1 Å². The number of fused-ring (bicyclic) bond motifs is 1. The molecule has 0 spiro atoms. The molecule has 37 heavy (non-hydrogen) atoms. The number of aromatic nitrogens is 2. The van der Waals surface area contributed by atoms with E-state index in [0.29, 0.717) is 45.7 Å². The van der Waals surface area contributed by atoms with Gasteiger partial charge in [-0.3, -0.25) is 4.79 Å². The van der Waals surface area contributed by atoms with Gasteiger partial charge in [0.2, 0.25) is 0 Å². The van der Waals surface area contributed by atoms with Crippen LogP contribution in [0.1, 0.15) is 16.1 Å². The molecule has 0 aliphatic heterocycles. The maximum absolute atomic E-state index is 13.4. The van der Waals surface area contributed by atoms with Gasteiger partial charge in [-0.25, -0.2) is 13.8 Å². The van der Waals surface area contributed by atoms with Crippen molar-refractivity contribution in [1.82, 2.24) is 9.97 Å². The molecule has 0 aliphatic carbocycles. The van der Waals surface area contributed by atoms with Crippen molar-refractivity contribution in [3.8, 4) is 11.5 Å². The van der Waals surface area contributed by atoms with Gasteiger partial charge in [0, 0.05) is 40.5 Å². The van der Waals surface area contributed by atoms with Crippen molar-refractivity contribution in [2.45, 2.75) is 6.54 Å². The number of hydrogen-bond donors (Lipinski definition) is 4. The fraction of sp³-hybridized carbons (Fsp3) is 0.0370. The SMILES string of the molecule is Nc1ncccc1CNc1cc(Cl)cc2cc(C(=O)Nc3ccc(Oc4ccc(F)c(F)c4)cc3)[nH]c12. The molecule has 0 bridgehead atoms. The molecule has 5 N–H and O–H groups in total. The first-order valence-corrected chi connectivity index (χ1v) is 11.5. The summed E-state index contributed by atoms with van der Waals surface area (Å²) >= 11 is 6.30. The molecule has 0 fully saturated rings. The van der Waals surface area contributed by atoms with Gasteiger partial charge in [0.25, 0.3) is 5.91 Å². The molecule has 5 rings (SSSR count). The third-order valence-electron chi connectivity index (χ3n) is 5.57. The van der Waals surface area contributed by atoms with E-state index in [4.69, 9.17) is 22.1 Å². The third-order valence-corrected chi connectivity index (χ3v) is 5.79. The van der Waals surface area contributed by atoms with Crippen molar-refractivity contribution >= 4 is 45.6 Å². The average Bonchev–Trinajstić information content (AvgIpc) is 3.31. The van der Waals surface area contributed by atoms with E-state index in [0.717, 1.165) is 23.1 Å². The molecular weight excluding hydrogens is 500 g/mol. The first-order valence-electron chi connectivity index (χ1n) is 11.2. The molecule has 1 amide bonds. The van der Waals surface area contributed by atoms with Gasteiger partial charge in [-0.05, 0) is 60.7 Å². The highest BCUT2D eigenvalue weighted by molar-refractivity contribution is 6.32. The first-order chi connectivity index (χ1) is 17.9. The van der Waals surface area contributed by atoms with Gasteiger partial charge in [-0.1, -0.05) is 17.7 Å². The number of amides is 1. The summed E-state index contributed by atoms with van der Waals surface area (Å²) < 4.78 is 32.0. The van der Waals surface area contributed by atoms with Gasteiger partial charge >= 0.3 is 0 Å². The molecular formula is C27H20ClF2N5O2. The molecule has 0 unspecified atom stereocenters. The Hall–Kier alpha value is -4.63.